The number of ether oxygens (including phenoxy) is 4. The third kappa shape index (κ3) is 13.5. The van der Waals surface area contributed by atoms with E-state index < -0.39 is 44.2 Å². The van der Waals surface area contributed by atoms with Crippen LogP contribution in [0.4, 0.5) is 5.69 Å². The summed E-state index contributed by atoms with van der Waals surface area (Å²) in [6, 6.07) is 21.9. The molecule has 2 atom stereocenters. The first-order valence-corrected chi connectivity index (χ1v) is 18.3. The maximum atomic E-state index is 13.4. The lowest BCUT2D eigenvalue weighted by molar-refractivity contribution is -0.344. The summed E-state index contributed by atoms with van der Waals surface area (Å²) < 4.78 is 39.8. The number of para-hydroxylation sites is 1. The molecule has 0 aliphatic carbocycles. The number of carbonyl (C=O) groups is 3. The van der Waals surface area contributed by atoms with Gasteiger partial charge in [0.2, 0.25) is 0 Å². The average Bonchev–Trinajstić information content (AvgIpc) is 3.08. The highest BCUT2D eigenvalue weighted by atomic mass is 31.1. The lowest BCUT2D eigenvalue weighted by atomic mass is 9.97. The van der Waals surface area contributed by atoms with Crippen molar-refractivity contribution in [2.24, 2.45) is 10.8 Å². The molecule has 2 unspecified atom stereocenters. The van der Waals surface area contributed by atoms with Crippen molar-refractivity contribution in [1.29, 1.82) is 0 Å². The Morgan fingerprint density at radius 3 is 1.92 bits per heavy atom. The predicted molar refractivity (Wildman–Crippen MR) is 199 cm³/mol. The minimum Gasteiger partial charge on any atom is -0.494 e. The normalized spacial score (nSPS) is 12.9. The van der Waals surface area contributed by atoms with Gasteiger partial charge >= 0.3 is 26.6 Å². The molecule has 0 fully saturated rings. The first kappa shape index (κ1) is 41.3. The van der Waals surface area contributed by atoms with Gasteiger partial charge in [0.1, 0.15) is 5.75 Å². The molecule has 1 amide bonds. The molecule has 51 heavy (non-hydrogen) atoms. The van der Waals surface area contributed by atoms with Crippen molar-refractivity contribution in [3.63, 3.8) is 0 Å². The molecule has 276 valence electrons. The Kier molecular flexibility index (Phi) is 15.8. The molecule has 3 rings (SSSR count). The van der Waals surface area contributed by atoms with E-state index in [1.165, 1.54) is 32.1 Å². The minimum absolute atomic E-state index is 0.287. The molecule has 0 saturated heterocycles. The van der Waals surface area contributed by atoms with E-state index in [4.69, 9.17) is 23.5 Å². The predicted octanol–water partition coefficient (Wildman–Crippen LogP) is 9.65. The summed E-state index contributed by atoms with van der Waals surface area (Å²) in [6.45, 7) is 12.2. The van der Waals surface area contributed by atoms with Crippen molar-refractivity contribution in [3.05, 3.63) is 83.9 Å². The molecule has 0 aliphatic heterocycles. The number of hydrogen-bond acceptors (Lipinski definition) is 9. The van der Waals surface area contributed by atoms with Crippen molar-refractivity contribution in [2.45, 2.75) is 99.4 Å². The van der Waals surface area contributed by atoms with Crippen LogP contribution in [0.3, 0.4) is 0 Å². The summed E-state index contributed by atoms with van der Waals surface area (Å²) in [5.74, 6) is -3.06. The van der Waals surface area contributed by atoms with Crippen LogP contribution in [0.1, 0.15) is 103 Å². The molecule has 10 nitrogen and oxygen atoms in total. The Hall–Kier alpha value is -4.11. The standard InChI is InChI=1S/C40H52NO9P/c1-8-9-10-11-12-15-26-46-33-24-22-30(23-25-33)29-18-20-31(21-19-29)35(42)41-34-17-14-13-16-32(34)27-40(50-51-45,49-37(44)39(5,6)7)48-28-47-36(43)38(2,3)4/h13-14,16-25,51H,8-12,15,26-28H2,1-7H3/p+1. The molecule has 0 radical (unpaired) electrons. The lowest BCUT2D eigenvalue weighted by Gasteiger charge is -2.30. The first-order valence-electron chi connectivity index (χ1n) is 17.5. The van der Waals surface area contributed by atoms with E-state index in [9.17, 15) is 18.9 Å². The first-order chi connectivity index (χ1) is 24.2. The summed E-state index contributed by atoms with van der Waals surface area (Å²) in [5.41, 5.74) is 1.38. The highest BCUT2D eigenvalue weighted by molar-refractivity contribution is 7.17. The van der Waals surface area contributed by atoms with Gasteiger partial charge in [0.05, 0.1) is 23.9 Å². The molecule has 0 aliphatic rings. The highest BCUT2D eigenvalue weighted by Crippen LogP contribution is 2.33. The van der Waals surface area contributed by atoms with Gasteiger partial charge in [-0.05, 0) is 99.6 Å². The molecule has 0 bridgehead atoms. The fraction of sp³-hybridized carbons (Fsp3) is 0.475. The smallest absolute Gasteiger partial charge is 0.494 e. The van der Waals surface area contributed by atoms with Crippen molar-refractivity contribution >= 4 is 32.2 Å². The number of rotatable bonds is 19. The Bertz CT molecular complexity index is 1580. The van der Waals surface area contributed by atoms with Crippen LogP contribution in [0.25, 0.3) is 11.1 Å². The molecule has 11 heteroatoms. The second-order valence-electron chi connectivity index (χ2n) is 14.5. The summed E-state index contributed by atoms with van der Waals surface area (Å²) >= 11 is 0. The second kappa shape index (κ2) is 19.5. The number of unbranched alkanes of at least 4 members (excludes halogenated alkanes) is 5. The molecule has 0 heterocycles. The van der Waals surface area contributed by atoms with Gasteiger partial charge in [-0.25, -0.2) is 0 Å². The molecular formula is C40H53NO9P+. The summed E-state index contributed by atoms with van der Waals surface area (Å²) in [6.07, 6.45) is 6.99. The van der Waals surface area contributed by atoms with Gasteiger partial charge in [0, 0.05) is 11.3 Å². The third-order valence-electron chi connectivity index (χ3n) is 7.91. The van der Waals surface area contributed by atoms with Gasteiger partial charge in [-0.1, -0.05) is 86.0 Å². The number of carbonyl (C=O) groups excluding carboxylic acids is 3. The number of benzene rings is 3. The van der Waals surface area contributed by atoms with Gasteiger partial charge in [0.15, 0.2) is 6.79 Å². The molecule has 3 aromatic carbocycles. The van der Waals surface area contributed by atoms with Gasteiger partial charge in [-0.2, -0.15) is 0 Å². The highest BCUT2D eigenvalue weighted by Gasteiger charge is 2.46. The molecule has 0 aromatic heterocycles. The Balaban J connectivity index is 1.72. The zero-order valence-corrected chi connectivity index (χ0v) is 32.0. The van der Waals surface area contributed by atoms with Gasteiger partial charge in [-0.15, -0.1) is 0 Å². The zero-order chi connectivity index (χ0) is 37.5. The second-order valence-corrected chi connectivity index (χ2v) is 14.8. The lowest BCUT2D eigenvalue weighted by Crippen LogP contribution is -2.45. The van der Waals surface area contributed by atoms with Crippen LogP contribution >= 0.6 is 8.69 Å². The molecule has 3 aromatic rings. The van der Waals surface area contributed by atoms with Crippen LogP contribution in [0.2, 0.25) is 0 Å². The van der Waals surface area contributed by atoms with Crippen LogP contribution in [0.5, 0.6) is 5.75 Å². The maximum absolute atomic E-state index is 13.4. The fourth-order valence-corrected chi connectivity index (χ4v) is 5.10. The Morgan fingerprint density at radius 1 is 0.725 bits per heavy atom. The van der Waals surface area contributed by atoms with E-state index in [0.29, 0.717) is 23.4 Å². The zero-order valence-electron chi connectivity index (χ0n) is 31.0. The van der Waals surface area contributed by atoms with E-state index >= 15 is 0 Å². The van der Waals surface area contributed by atoms with E-state index in [-0.39, 0.29) is 12.3 Å². The summed E-state index contributed by atoms with van der Waals surface area (Å²) in [7, 11) is -1.39. The van der Waals surface area contributed by atoms with Gasteiger partial charge in [0.25, 0.3) is 5.91 Å². The van der Waals surface area contributed by atoms with E-state index in [0.717, 1.165) is 23.3 Å². The summed E-state index contributed by atoms with van der Waals surface area (Å²) in [5, 5.41) is 2.91. The van der Waals surface area contributed by atoms with E-state index in [2.05, 4.69) is 12.2 Å². The van der Waals surface area contributed by atoms with Crippen molar-refractivity contribution in [2.75, 3.05) is 18.7 Å². The largest absolute Gasteiger partial charge is 0.500 e. The van der Waals surface area contributed by atoms with Crippen molar-refractivity contribution < 1.29 is 42.4 Å². The van der Waals surface area contributed by atoms with Crippen LogP contribution in [-0.4, -0.2) is 37.2 Å². The molecule has 0 saturated carbocycles. The van der Waals surface area contributed by atoms with Gasteiger partial charge in [-0.3, -0.25) is 19.1 Å². The van der Waals surface area contributed by atoms with Gasteiger partial charge < -0.3 is 19.5 Å². The minimum atomic E-state index is -2.24. The van der Waals surface area contributed by atoms with Crippen molar-refractivity contribution in [3.8, 4) is 16.9 Å². The van der Waals surface area contributed by atoms with Crippen LogP contribution < -0.4 is 10.1 Å². The Morgan fingerprint density at radius 2 is 1.31 bits per heavy atom. The molecule has 0 spiro atoms. The van der Waals surface area contributed by atoms with Crippen LogP contribution in [-0.2, 0) is 39.3 Å². The molecular weight excluding hydrogens is 669 g/mol. The van der Waals surface area contributed by atoms with E-state index in [1.54, 1.807) is 77.9 Å². The number of esters is 2. The number of hydrogen-bond donors (Lipinski definition) is 1. The molecule has 1 N–H and O–H groups in total. The number of nitrogens with one attached hydrogen (secondary N) is 1. The number of anilines is 1. The maximum Gasteiger partial charge on any atom is 0.500 e. The fourth-order valence-electron chi connectivity index (χ4n) is 4.80. The topological polar surface area (TPSA) is 126 Å². The number of amides is 1. The monoisotopic (exact) mass is 722 g/mol. The average molecular weight is 723 g/mol. The summed E-state index contributed by atoms with van der Waals surface area (Å²) in [4.78, 5) is 38.8. The van der Waals surface area contributed by atoms with Crippen LogP contribution in [0.15, 0.2) is 72.8 Å². The quantitative estimate of drug-likeness (QED) is 0.0557. The third-order valence-corrected chi connectivity index (χ3v) is 8.31. The van der Waals surface area contributed by atoms with Crippen LogP contribution in [0, 0.1) is 10.8 Å². The Labute approximate surface area is 303 Å². The SMILES string of the molecule is CCCCCCCCOc1ccc(-c2ccc(C(=O)Nc3ccccc3CC(OCOC(=O)C(C)(C)C)(O[PH+]=O)OC(=O)C(C)(C)C)cc2)cc1. The van der Waals surface area contributed by atoms with Crippen molar-refractivity contribution in [1.82, 2.24) is 0 Å². The van der Waals surface area contributed by atoms with E-state index in [1.807, 2.05) is 36.4 Å².